The lowest BCUT2D eigenvalue weighted by Crippen LogP contribution is -2.08. The second-order valence-electron chi connectivity index (χ2n) is 2.12. The second-order valence-corrected chi connectivity index (χ2v) is 2.43. The molecule has 0 atom stereocenters. The summed E-state index contributed by atoms with van der Waals surface area (Å²) in [6.07, 6.45) is 2.04. The van der Waals surface area contributed by atoms with Crippen LogP contribution in [0.5, 0.6) is 0 Å². The van der Waals surface area contributed by atoms with Gasteiger partial charge in [-0.1, -0.05) is 13.3 Å². The van der Waals surface area contributed by atoms with Gasteiger partial charge in [0.05, 0.1) is 0 Å². The molecule has 0 rings (SSSR count). The number of ether oxygens (including phenoxy) is 2. The third kappa shape index (κ3) is 7.34. The van der Waals surface area contributed by atoms with Gasteiger partial charge < -0.3 is 9.47 Å². The van der Waals surface area contributed by atoms with E-state index in [0.29, 0.717) is 6.42 Å². The summed E-state index contributed by atoms with van der Waals surface area (Å²) in [6, 6.07) is 0. The van der Waals surface area contributed by atoms with Crippen LogP contribution in [0.4, 0.5) is 4.79 Å². The Bertz CT molecular complexity index is 157. The summed E-state index contributed by atoms with van der Waals surface area (Å²) in [5, 5.41) is 0. The Kier molecular flexibility index (Phi) is 6.47. The molecule has 0 aliphatic rings. The maximum atomic E-state index is 10.7. The van der Waals surface area contributed by atoms with Gasteiger partial charge in [-0.3, -0.25) is 4.79 Å². The molecule has 0 aliphatic carbocycles. The molecular formula is C7H11ClO4. The van der Waals surface area contributed by atoms with Crippen molar-refractivity contribution in [2.75, 3.05) is 6.79 Å². The fraction of sp³-hybridized carbons (Fsp3) is 0.714. The summed E-state index contributed by atoms with van der Waals surface area (Å²) in [4.78, 5) is 20.7. The number of rotatable bonds is 5. The molecule has 0 heterocycles. The number of hydrogen-bond acceptors (Lipinski definition) is 4. The highest BCUT2D eigenvalue weighted by atomic mass is 35.5. The molecule has 12 heavy (non-hydrogen) atoms. The van der Waals surface area contributed by atoms with E-state index in [1.165, 1.54) is 0 Å². The van der Waals surface area contributed by atoms with Gasteiger partial charge in [0, 0.05) is 18.0 Å². The van der Waals surface area contributed by atoms with Crippen LogP contribution < -0.4 is 0 Å². The van der Waals surface area contributed by atoms with E-state index in [1.54, 1.807) is 0 Å². The van der Waals surface area contributed by atoms with E-state index in [9.17, 15) is 9.59 Å². The largest absolute Gasteiger partial charge is 0.428 e. The Morgan fingerprint density at radius 3 is 2.50 bits per heavy atom. The van der Waals surface area contributed by atoms with E-state index in [-0.39, 0.29) is 5.97 Å². The van der Waals surface area contributed by atoms with E-state index in [1.807, 2.05) is 6.92 Å². The highest BCUT2D eigenvalue weighted by Crippen LogP contribution is 1.97. The Labute approximate surface area is 75.8 Å². The zero-order valence-corrected chi connectivity index (χ0v) is 7.60. The first-order valence-corrected chi connectivity index (χ1v) is 4.02. The molecule has 0 radical (unpaired) electrons. The van der Waals surface area contributed by atoms with Gasteiger partial charge in [-0.25, -0.2) is 4.79 Å². The molecule has 0 aromatic carbocycles. The van der Waals surface area contributed by atoms with E-state index >= 15 is 0 Å². The van der Waals surface area contributed by atoms with Crippen LogP contribution in [0.15, 0.2) is 0 Å². The van der Waals surface area contributed by atoms with Crippen molar-refractivity contribution in [3.63, 3.8) is 0 Å². The summed E-state index contributed by atoms with van der Waals surface area (Å²) in [7, 11) is 0. The monoisotopic (exact) mass is 194 g/mol. The minimum atomic E-state index is -0.974. The molecule has 0 bridgehead atoms. The highest BCUT2D eigenvalue weighted by Gasteiger charge is 2.02. The lowest BCUT2D eigenvalue weighted by atomic mass is 10.3. The maximum Gasteiger partial charge on any atom is 0.406 e. The van der Waals surface area contributed by atoms with Crippen LogP contribution in [0, 0.1) is 0 Å². The number of halogens is 1. The minimum Gasteiger partial charge on any atom is -0.428 e. The first kappa shape index (κ1) is 11.2. The Hall–Kier alpha value is -0.770. The van der Waals surface area contributed by atoms with Crippen LogP contribution >= 0.6 is 11.6 Å². The molecular weight excluding hydrogens is 184 g/mol. The minimum absolute atomic E-state index is 0.344. The van der Waals surface area contributed by atoms with Crippen LogP contribution in [0.1, 0.15) is 26.2 Å². The van der Waals surface area contributed by atoms with Crippen LogP contribution in [-0.4, -0.2) is 18.2 Å². The molecule has 0 saturated heterocycles. The van der Waals surface area contributed by atoms with Crippen molar-refractivity contribution in [1.82, 2.24) is 0 Å². The Morgan fingerprint density at radius 2 is 2.00 bits per heavy atom. The first-order valence-electron chi connectivity index (χ1n) is 3.64. The number of esters is 1. The fourth-order valence-electron chi connectivity index (χ4n) is 0.535. The summed E-state index contributed by atoms with van der Waals surface area (Å²) in [5.41, 5.74) is -0.974. The third-order valence-electron chi connectivity index (χ3n) is 1.13. The number of carbonyl (C=O) groups is 2. The smallest absolute Gasteiger partial charge is 0.406 e. The van der Waals surface area contributed by atoms with Crippen molar-refractivity contribution >= 4 is 23.0 Å². The Balaban J connectivity index is 3.25. The van der Waals surface area contributed by atoms with Gasteiger partial charge in [0.2, 0.25) is 6.79 Å². The SMILES string of the molecule is CCCCC(=O)OCOC(=O)Cl. The topological polar surface area (TPSA) is 52.6 Å². The molecule has 0 aliphatic heterocycles. The molecule has 0 amide bonds. The predicted octanol–water partition coefficient (Wildman–Crippen LogP) is 2.05. The molecule has 5 heteroatoms. The van der Waals surface area contributed by atoms with Gasteiger partial charge in [0.25, 0.3) is 0 Å². The molecule has 70 valence electrons. The molecule has 0 saturated carbocycles. The van der Waals surface area contributed by atoms with Crippen LogP contribution in [-0.2, 0) is 14.3 Å². The Morgan fingerprint density at radius 1 is 1.33 bits per heavy atom. The zero-order valence-electron chi connectivity index (χ0n) is 6.84. The molecule has 0 N–H and O–H groups in total. The number of hydrogen-bond donors (Lipinski definition) is 0. The standard InChI is InChI=1S/C7H11ClO4/c1-2-3-4-6(9)11-5-12-7(8)10/h2-5H2,1H3. The van der Waals surface area contributed by atoms with Crippen LogP contribution in [0.3, 0.4) is 0 Å². The molecule has 0 fully saturated rings. The quantitative estimate of drug-likeness (QED) is 0.382. The van der Waals surface area contributed by atoms with Gasteiger partial charge in [-0.15, -0.1) is 0 Å². The molecule has 0 aromatic heterocycles. The summed E-state index contributed by atoms with van der Waals surface area (Å²) in [5.74, 6) is -0.380. The van der Waals surface area contributed by atoms with Gasteiger partial charge in [0.15, 0.2) is 0 Å². The van der Waals surface area contributed by atoms with Crippen molar-refractivity contribution in [3.8, 4) is 0 Å². The summed E-state index contributed by atoms with van der Waals surface area (Å²) in [6.45, 7) is 1.57. The van der Waals surface area contributed by atoms with E-state index < -0.39 is 12.2 Å². The predicted molar refractivity (Wildman–Crippen MR) is 42.8 cm³/mol. The molecule has 4 nitrogen and oxygen atoms in total. The van der Waals surface area contributed by atoms with E-state index in [0.717, 1.165) is 12.8 Å². The fourth-order valence-corrected chi connectivity index (χ4v) is 0.579. The second kappa shape index (κ2) is 6.91. The zero-order chi connectivity index (χ0) is 9.40. The van der Waals surface area contributed by atoms with Crippen molar-refractivity contribution in [2.45, 2.75) is 26.2 Å². The van der Waals surface area contributed by atoms with E-state index in [2.05, 4.69) is 9.47 Å². The highest BCUT2D eigenvalue weighted by molar-refractivity contribution is 6.61. The van der Waals surface area contributed by atoms with Crippen molar-refractivity contribution in [2.24, 2.45) is 0 Å². The van der Waals surface area contributed by atoms with Gasteiger partial charge in [-0.05, 0) is 6.42 Å². The van der Waals surface area contributed by atoms with Gasteiger partial charge in [-0.2, -0.15) is 0 Å². The van der Waals surface area contributed by atoms with Gasteiger partial charge in [0.1, 0.15) is 0 Å². The number of carbonyl (C=O) groups excluding carboxylic acids is 2. The molecule has 0 unspecified atom stereocenters. The number of unbranched alkanes of at least 4 members (excludes halogenated alkanes) is 1. The average Bonchev–Trinajstić information content (AvgIpc) is 2.00. The van der Waals surface area contributed by atoms with Gasteiger partial charge >= 0.3 is 11.4 Å². The van der Waals surface area contributed by atoms with Crippen molar-refractivity contribution < 1.29 is 19.1 Å². The summed E-state index contributed by atoms with van der Waals surface area (Å²) >= 11 is 4.81. The first-order chi connectivity index (χ1) is 5.66. The maximum absolute atomic E-state index is 10.7. The van der Waals surface area contributed by atoms with Crippen molar-refractivity contribution in [1.29, 1.82) is 0 Å². The molecule has 0 spiro atoms. The lowest BCUT2D eigenvalue weighted by Gasteiger charge is -2.02. The molecule has 0 aromatic rings. The lowest BCUT2D eigenvalue weighted by molar-refractivity contribution is -0.151. The van der Waals surface area contributed by atoms with Crippen LogP contribution in [0.2, 0.25) is 0 Å². The normalized spacial score (nSPS) is 9.17. The summed E-state index contributed by atoms with van der Waals surface area (Å²) < 4.78 is 8.66. The van der Waals surface area contributed by atoms with E-state index in [4.69, 9.17) is 11.6 Å². The third-order valence-corrected chi connectivity index (χ3v) is 1.24. The van der Waals surface area contributed by atoms with Crippen LogP contribution in [0.25, 0.3) is 0 Å². The van der Waals surface area contributed by atoms with Crippen molar-refractivity contribution in [3.05, 3.63) is 0 Å². The average molecular weight is 195 g/mol.